The summed E-state index contributed by atoms with van der Waals surface area (Å²) >= 11 is 0. The van der Waals surface area contributed by atoms with E-state index in [0.717, 1.165) is 31.2 Å². The van der Waals surface area contributed by atoms with Gasteiger partial charge in [0.15, 0.2) is 5.96 Å². The number of hydrogen-bond donors (Lipinski definition) is 2. The Kier molecular flexibility index (Phi) is 10.4. The molecule has 2 heterocycles. The Hall–Kier alpha value is -1.87. The standard InChI is InChI=1S/C23H33N5O.HI/c1-18(2)29-22-12-11-19(15-25-22)16-26-23(24-3)27-17-21(28-13-7-8-14-28)20-9-5-4-6-10-20;/h4-6,9-12,15,18,21H,7-8,13-14,16-17H2,1-3H3,(H2,24,26,27);1H. The molecule has 1 aliphatic heterocycles. The Morgan fingerprint density at radius 3 is 2.43 bits per heavy atom. The van der Waals surface area contributed by atoms with Gasteiger partial charge in [0.25, 0.3) is 0 Å². The normalized spacial score (nSPS) is 15.5. The average molecular weight is 523 g/mol. The van der Waals surface area contributed by atoms with E-state index in [4.69, 9.17) is 4.74 Å². The van der Waals surface area contributed by atoms with Crippen LogP contribution in [0.1, 0.15) is 43.9 Å². The lowest BCUT2D eigenvalue weighted by molar-refractivity contribution is 0.232. The van der Waals surface area contributed by atoms with Crippen molar-refractivity contribution in [2.24, 2.45) is 4.99 Å². The van der Waals surface area contributed by atoms with Crippen LogP contribution in [0, 0.1) is 0 Å². The van der Waals surface area contributed by atoms with Crippen LogP contribution in [-0.4, -0.2) is 48.6 Å². The quantitative estimate of drug-likeness (QED) is 0.312. The first-order chi connectivity index (χ1) is 14.2. The summed E-state index contributed by atoms with van der Waals surface area (Å²) < 4.78 is 5.60. The van der Waals surface area contributed by atoms with Crippen LogP contribution in [0.25, 0.3) is 0 Å². The predicted octanol–water partition coefficient (Wildman–Crippen LogP) is 3.99. The van der Waals surface area contributed by atoms with Gasteiger partial charge in [-0.25, -0.2) is 4.98 Å². The van der Waals surface area contributed by atoms with Crippen molar-refractivity contribution in [3.63, 3.8) is 0 Å². The summed E-state index contributed by atoms with van der Waals surface area (Å²) in [6.07, 6.45) is 4.52. The van der Waals surface area contributed by atoms with Gasteiger partial charge in [0.1, 0.15) is 0 Å². The second-order valence-corrected chi connectivity index (χ2v) is 7.65. The molecule has 2 N–H and O–H groups in total. The highest BCUT2D eigenvalue weighted by molar-refractivity contribution is 14.0. The molecule has 0 amide bonds. The minimum Gasteiger partial charge on any atom is -0.475 e. The molecule has 164 valence electrons. The van der Waals surface area contributed by atoms with Gasteiger partial charge in [-0.2, -0.15) is 0 Å². The molecular formula is C23H34IN5O. The first-order valence-corrected chi connectivity index (χ1v) is 10.5. The van der Waals surface area contributed by atoms with Gasteiger partial charge in [0, 0.05) is 32.4 Å². The molecule has 1 atom stereocenters. The third kappa shape index (κ3) is 7.43. The molecule has 0 radical (unpaired) electrons. The van der Waals surface area contributed by atoms with Crippen LogP contribution in [0.5, 0.6) is 5.88 Å². The maximum Gasteiger partial charge on any atom is 0.213 e. The molecule has 1 aromatic heterocycles. The zero-order valence-electron chi connectivity index (χ0n) is 18.2. The van der Waals surface area contributed by atoms with Crippen molar-refractivity contribution in [3.8, 4) is 5.88 Å². The van der Waals surface area contributed by atoms with Crippen LogP contribution in [0.2, 0.25) is 0 Å². The molecule has 7 heteroatoms. The topological polar surface area (TPSA) is 61.8 Å². The molecule has 1 aromatic carbocycles. The van der Waals surface area contributed by atoms with E-state index in [0.29, 0.717) is 18.5 Å². The molecule has 6 nitrogen and oxygen atoms in total. The van der Waals surface area contributed by atoms with Crippen LogP contribution in [-0.2, 0) is 6.54 Å². The Morgan fingerprint density at radius 1 is 1.10 bits per heavy atom. The second kappa shape index (κ2) is 12.7. The fourth-order valence-electron chi connectivity index (χ4n) is 3.61. The number of likely N-dealkylation sites (tertiary alicyclic amines) is 1. The molecule has 30 heavy (non-hydrogen) atoms. The Bertz CT molecular complexity index is 761. The van der Waals surface area contributed by atoms with Gasteiger partial charge in [-0.3, -0.25) is 9.89 Å². The van der Waals surface area contributed by atoms with Crippen LogP contribution in [0.3, 0.4) is 0 Å². The van der Waals surface area contributed by atoms with Gasteiger partial charge in [-0.05, 0) is 50.9 Å². The Labute approximate surface area is 197 Å². The van der Waals surface area contributed by atoms with Gasteiger partial charge in [0.2, 0.25) is 5.88 Å². The van der Waals surface area contributed by atoms with E-state index in [-0.39, 0.29) is 30.1 Å². The van der Waals surface area contributed by atoms with Gasteiger partial charge in [-0.1, -0.05) is 36.4 Å². The van der Waals surface area contributed by atoms with E-state index >= 15 is 0 Å². The number of pyridine rings is 1. The molecule has 1 fully saturated rings. The van der Waals surface area contributed by atoms with E-state index < -0.39 is 0 Å². The minimum absolute atomic E-state index is 0. The number of aromatic nitrogens is 1. The Balaban J connectivity index is 0.00000320. The molecule has 0 saturated carbocycles. The summed E-state index contributed by atoms with van der Waals surface area (Å²) in [4.78, 5) is 11.3. The fraction of sp³-hybridized carbons (Fsp3) is 0.478. The van der Waals surface area contributed by atoms with Crippen molar-refractivity contribution in [2.75, 3.05) is 26.7 Å². The number of benzene rings is 1. The SMILES string of the molecule is CN=C(NCc1ccc(OC(C)C)nc1)NCC(c1ccccc1)N1CCCC1.I. The lowest BCUT2D eigenvalue weighted by atomic mass is 10.1. The van der Waals surface area contributed by atoms with Gasteiger partial charge in [0.05, 0.1) is 12.1 Å². The average Bonchev–Trinajstić information content (AvgIpc) is 3.26. The number of nitrogens with one attached hydrogen (secondary N) is 2. The molecule has 3 rings (SSSR count). The van der Waals surface area contributed by atoms with E-state index in [1.807, 2.05) is 32.2 Å². The summed E-state index contributed by atoms with van der Waals surface area (Å²) in [6, 6.07) is 15.0. The van der Waals surface area contributed by atoms with E-state index in [9.17, 15) is 0 Å². The van der Waals surface area contributed by atoms with Gasteiger partial charge < -0.3 is 15.4 Å². The zero-order valence-corrected chi connectivity index (χ0v) is 20.5. The van der Waals surface area contributed by atoms with Crippen LogP contribution < -0.4 is 15.4 Å². The first-order valence-electron chi connectivity index (χ1n) is 10.5. The van der Waals surface area contributed by atoms with E-state index in [1.54, 1.807) is 7.05 Å². The summed E-state index contributed by atoms with van der Waals surface area (Å²) in [5, 5.41) is 6.89. The third-order valence-electron chi connectivity index (χ3n) is 5.07. The lowest BCUT2D eigenvalue weighted by Gasteiger charge is -2.29. The maximum absolute atomic E-state index is 5.60. The molecule has 2 aromatic rings. The summed E-state index contributed by atoms with van der Waals surface area (Å²) in [6.45, 7) is 7.79. The zero-order chi connectivity index (χ0) is 20.5. The number of hydrogen-bond acceptors (Lipinski definition) is 4. The molecular weight excluding hydrogens is 489 g/mol. The van der Waals surface area contributed by atoms with Crippen molar-refractivity contribution in [1.29, 1.82) is 0 Å². The molecule has 1 unspecified atom stereocenters. The Morgan fingerprint density at radius 2 is 1.83 bits per heavy atom. The first kappa shape index (κ1) is 24.4. The predicted molar refractivity (Wildman–Crippen MR) is 134 cm³/mol. The summed E-state index contributed by atoms with van der Waals surface area (Å²) in [7, 11) is 1.81. The van der Waals surface area contributed by atoms with Crippen LogP contribution in [0.4, 0.5) is 0 Å². The highest BCUT2D eigenvalue weighted by Crippen LogP contribution is 2.24. The van der Waals surface area contributed by atoms with Crippen molar-refractivity contribution >= 4 is 29.9 Å². The molecule has 0 bridgehead atoms. The highest BCUT2D eigenvalue weighted by Gasteiger charge is 2.23. The second-order valence-electron chi connectivity index (χ2n) is 7.65. The third-order valence-corrected chi connectivity index (χ3v) is 5.07. The molecule has 0 aliphatic carbocycles. The van der Waals surface area contributed by atoms with Crippen LogP contribution >= 0.6 is 24.0 Å². The number of guanidine groups is 1. The minimum atomic E-state index is 0. The van der Waals surface area contributed by atoms with E-state index in [2.05, 4.69) is 55.8 Å². The molecule has 1 aliphatic rings. The molecule has 1 saturated heterocycles. The van der Waals surface area contributed by atoms with Crippen molar-refractivity contribution in [1.82, 2.24) is 20.5 Å². The number of nitrogens with zero attached hydrogens (tertiary/aromatic N) is 3. The number of ether oxygens (including phenoxy) is 1. The summed E-state index contributed by atoms with van der Waals surface area (Å²) in [5.41, 5.74) is 2.44. The number of aliphatic imine (C=N–C) groups is 1. The van der Waals surface area contributed by atoms with Crippen molar-refractivity contribution in [3.05, 3.63) is 59.8 Å². The summed E-state index contributed by atoms with van der Waals surface area (Å²) in [5.74, 6) is 1.45. The van der Waals surface area contributed by atoms with Gasteiger partial charge in [-0.15, -0.1) is 24.0 Å². The number of halogens is 1. The molecule has 0 spiro atoms. The monoisotopic (exact) mass is 523 g/mol. The number of rotatable bonds is 8. The van der Waals surface area contributed by atoms with Crippen molar-refractivity contribution in [2.45, 2.75) is 45.4 Å². The highest BCUT2D eigenvalue weighted by atomic mass is 127. The van der Waals surface area contributed by atoms with Gasteiger partial charge >= 0.3 is 0 Å². The van der Waals surface area contributed by atoms with Crippen molar-refractivity contribution < 1.29 is 4.74 Å². The maximum atomic E-state index is 5.60. The largest absolute Gasteiger partial charge is 0.475 e. The fourth-order valence-corrected chi connectivity index (χ4v) is 3.61. The lowest BCUT2D eigenvalue weighted by Crippen LogP contribution is -2.42. The smallest absolute Gasteiger partial charge is 0.213 e. The van der Waals surface area contributed by atoms with E-state index in [1.165, 1.54) is 18.4 Å². The van der Waals surface area contributed by atoms with Crippen LogP contribution in [0.15, 0.2) is 53.7 Å².